The molecule has 84 valence electrons. The van der Waals surface area contributed by atoms with Gasteiger partial charge in [-0.15, -0.1) is 0 Å². The Kier molecular flexibility index (Phi) is 2.60. The fourth-order valence-corrected chi connectivity index (χ4v) is 1.55. The first kappa shape index (κ1) is 10.6. The summed E-state index contributed by atoms with van der Waals surface area (Å²) in [5, 5.41) is 4.15. The number of hydrogen-bond acceptors (Lipinski definition) is 3. The van der Waals surface area contributed by atoms with Crippen LogP contribution in [0.5, 0.6) is 0 Å². The van der Waals surface area contributed by atoms with Crippen LogP contribution in [0.15, 0.2) is 17.1 Å². The molecule has 2 aromatic rings. The van der Waals surface area contributed by atoms with Crippen LogP contribution in [0, 0.1) is 13.8 Å². The standard InChI is InChI=1S/C11H14N4O/c1-4-15-9(5-6-12-15)10-13-8(3)7(2)11(16)14-10/h5-6H,4H2,1-3H3,(H,13,14,16). The number of aromatic amines is 1. The zero-order valence-corrected chi connectivity index (χ0v) is 9.61. The summed E-state index contributed by atoms with van der Waals surface area (Å²) in [7, 11) is 0. The lowest BCUT2D eigenvalue weighted by Gasteiger charge is -2.05. The minimum absolute atomic E-state index is 0.0913. The molecular weight excluding hydrogens is 204 g/mol. The van der Waals surface area contributed by atoms with Gasteiger partial charge in [-0.3, -0.25) is 9.48 Å². The molecule has 0 atom stereocenters. The molecule has 1 N–H and O–H groups in total. The molecule has 0 saturated carbocycles. The normalized spacial score (nSPS) is 10.7. The first-order chi connectivity index (χ1) is 7.63. The molecule has 0 unspecified atom stereocenters. The van der Waals surface area contributed by atoms with Crippen LogP contribution in [0.25, 0.3) is 11.5 Å². The highest BCUT2D eigenvalue weighted by Crippen LogP contribution is 2.13. The SMILES string of the molecule is CCn1nccc1-c1nc(C)c(C)c(=O)[nH]1. The molecule has 0 fully saturated rings. The highest BCUT2D eigenvalue weighted by atomic mass is 16.1. The fraction of sp³-hybridized carbons (Fsp3) is 0.364. The number of aromatic nitrogens is 4. The van der Waals surface area contributed by atoms with E-state index in [9.17, 15) is 4.79 Å². The van der Waals surface area contributed by atoms with E-state index < -0.39 is 0 Å². The van der Waals surface area contributed by atoms with E-state index >= 15 is 0 Å². The van der Waals surface area contributed by atoms with Crippen molar-refractivity contribution in [2.45, 2.75) is 27.3 Å². The molecule has 2 aromatic heterocycles. The maximum absolute atomic E-state index is 11.6. The fourth-order valence-electron chi connectivity index (χ4n) is 1.55. The van der Waals surface area contributed by atoms with Gasteiger partial charge in [-0.25, -0.2) is 4.98 Å². The topological polar surface area (TPSA) is 63.6 Å². The Morgan fingerprint density at radius 1 is 1.44 bits per heavy atom. The number of rotatable bonds is 2. The summed E-state index contributed by atoms with van der Waals surface area (Å²) in [5.74, 6) is 0.576. The van der Waals surface area contributed by atoms with E-state index in [-0.39, 0.29) is 5.56 Å². The van der Waals surface area contributed by atoms with Crippen LogP contribution in [0.1, 0.15) is 18.2 Å². The van der Waals surface area contributed by atoms with E-state index in [0.717, 1.165) is 17.9 Å². The minimum atomic E-state index is -0.0913. The molecule has 0 aliphatic carbocycles. The van der Waals surface area contributed by atoms with Crippen LogP contribution in [0.3, 0.4) is 0 Å². The van der Waals surface area contributed by atoms with E-state index in [0.29, 0.717) is 11.4 Å². The maximum atomic E-state index is 11.6. The van der Waals surface area contributed by atoms with Gasteiger partial charge >= 0.3 is 0 Å². The van der Waals surface area contributed by atoms with E-state index in [1.165, 1.54) is 0 Å². The number of aryl methyl sites for hydroxylation is 2. The van der Waals surface area contributed by atoms with Crippen molar-refractivity contribution in [2.75, 3.05) is 0 Å². The Balaban J connectivity index is 2.61. The van der Waals surface area contributed by atoms with Gasteiger partial charge in [-0.05, 0) is 26.8 Å². The Bertz CT molecular complexity index is 568. The summed E-state index contributed by atoms with van der Waals surface area (Å²) < 4.78 is 1.80. The van der Waals surface area contributed by atoms with Crippen LogP contribution in [-0.4, -0.2) is 19.7 Å². The second-order valence-electron chi connectivity index (χ2n) is 3.66. The predicted octanol–water partition coefficient (Wildman–Crippen LogP) is 1.27. The molecule has 16 heavy (non-hydrogen) atoms. The third-order valence-electron chi connectivity index (χ3n) is 2.65. The average Bonchev–Trinajstić information content (AvgIpc) is 2.73. The number of hydrogen-bond donors (Lipinski definition) is 1. The van der Waals surface area contributed by atoms with Gasteiger partial charge in [0.1, 0.15) is 5.69 Å². The van der Waals surface area contributed by atoms with Crippen LogP contribution in [-0.2, 0) is 6.54 Å². The monoisotopic (exact) mass is 218 g/mol. The molecule has 0 aromatic carbocycles. The van der Waals surface area contributed by atoms with Crippen molar-refractivity contribution in [1.82, 2.24) is 19.7 Å². The van der Waals surface area contributed by atoms with Crippen molar-refractivity contribution < 1.29 is 0 Å². The van der Waals surface area contributed by atoms with Crippen molar-refractivity contribution in [2.24, 2.45) is 0 Å². The first-order valence-electron chi connectivity index (χ1n) is 5.23. The van der Waals surface area contributed by atoms with E-state index in [2.05, 4.69) is 15.1 Å². The lowest BCUT2D eigenvalue weighted by atomic mass is 10.2. The second kappa shape index (κ2) is 3.92. The molecule has 5 nitrogen and oxygen atoms in total. The van der Waals surface area contributed by atoms with Crippen molar-refractivity contribution in [3.8, 4) is 11.5 Å². The van der Waals surface area contributed by atoms with Gasteiger partial charge in [0, 0.05) is 24.0 Å². The van der Waals surface area contributed by atoms with Gasteiger partial charge in [-0.1, -0.05) is 0 Å². The predicted molar refractivity (Wildman–Crippen MR) is 61.2 cm³/mol. The lowest BCUT2D eigenvalue weighted by Crippen LogP contribution is -2.15. The molecule has 0 saturated heterocycles. The van der Waals surface area contributed by atoms with E-state index in [1.807, 2.05) is 19.9 Å². The van der Waals surface area contributed by atoms with Crippen LogP contribution in [0.2, 0.25) is 0 Å². The Hall–Kier alpha value is -1.91. The Morgan fingerprint density at radius 3 is 2.81 bits per heavy atom. The van der Waals surface area contributed by atoms with Crippen LogP contribution < -0.4 is 5.56 Å². The smallest absolute Gasteiger partial charge is 0.254 e. The van der Waals surface area contributed by atoms with E-state index in [4.69, 9.17) is 0 Å². The van der Waals surface area contributed by atoms with Crippen molar-refractivity contribution >= 4 is 0 Å². The van der Waals surface area contributed by atoms with Crippen molar-refractivity contribution in [3.63, 3.8) is 0 Å². The summed E-state index contributed by atoms with van der Waals surface area (Å²) in [6.07, 6.45) is 1.70. The molecule has 2 rings (SSSR count). The molecule has 0 radical (unpaired) electrons. The molecule has 5 heteroatoms. The average molecular weight is 218 g/mol. The van der Waals surface area contributed by atoms with Crippen LogP contribution >= 0.6 is 0 Å². The first-order valence-corrected chi connectivity index (χ1v) is 5.23. The summed E-state index contributed by atoms with van der Waals surface area (Å²) >= 11 is 0. The van der Waals surface area contributed by atoms with Gasteiger partial charge in [-0.2, -0.15) is 5.10 Å². The Morgan fingerprint density at radius 2 is 2.19 bits per heavy atom. The van der Waals surface area contributed by atoms with Gasteiger partial charge in [0.25, 0.3) is 5.56 Å². The number of nitrogens with zero attached hydrogens (tertiary/aromatic N) is 3. The zero-order chi connectivity index (χ0) is 11.7. The molecule has 0 amide bonds. The van der Waals surface area contributed by atoms with Gasteiger partial charge in [0.2, 0.25) is 0 Å². The van der Waals surface area contributed by atoms with Crippen molar-refractivity contribution in [3.05, 3.63) is 33.9 Å². The lowest BCUT2D eigenvalue weighted by molar-refractivity contribution is 0.663. The molecule has 0 bridgehead atoms. The quantitative estimate of drug-likeness (QED) is 0.825. The van der Waals surface area contributed by atoms with E-state index in [1.54, 1.807) is 17.8 Å². The minimum Gasteiger partial charge on any atom is -0.305 e. The highest BCUT2D eigenvalue weighted by molar-refractivity contribution is 5.49. The summed E-state index contributed by atoms with van der Waals surface area (Å²) in [5.41, 5.74) is 2.16. The molecular formula is C11H14N4O. The third kappa shape index (κ3) is 1.64. The van der Waals surface area contributed by atoms with Crippen LogP contribution in [0.4, 0.5) is 0 Å². The summed E-state index contributed by atoms with van der Waals surface area (Å²) in [6.45, 7) is 6.34. The molecule has 2 heterocycles. The highest BCUT2D eigenvalue weighted by Gasteiger charge is 2.09. The third-order valence-corrected chi connectivity index (χ3v) is 2.65. The number of H-pyrrole nitrogens is 1. The second-order valence-corrected chi connectivity index (χ2v) is 3.66. The van der Waals surface area contributed by atoms with Gasteiger partial charge in [0.15, 0.2) is 5.82 Å². The van der Waals surface area contributed by atoms with Crippen molar-refractivity contribution in [1.29, 1.82) is 0 Å². The summed E-state index contributed by atoms with van der Waals surface area (Å²) in [6, 6.07) is 1.84. The molecule has 0 aliphatic rings. The largest absolute Gasteiger partial charge is 0.305 e. The van der Waals surface area contributed by atoms with Gasteiger partial charge < -0.3 is 4.98 Å². The molecule has 0 aliphatic heterocycles. The zero-order valence-electron chi connectivity index (χ0n) is 9.61. The number of nitrogens with one attached hydrogen (secondary N) is 1. The Labute approximate surface area is 93.2 Å². The summed E-state index contributed by atoms with van der Waals surface area (Å²) in [4.78, 5) is 18.8. The molecule has 0 spiro atoms. The maximum Gasteiger partial charge on any atom is 0.254 e. The van der Waals surface area contributed by atoms with Gasteiger partial charge in [0.05, 0.1) is 0 Å².